The minimum atomic E-state index is -1.28. The molecule has 0 aliphatic heterocycles. The van der Waals surface area contributed by atoms with Crippen molar-refractivity contribution in [1.82, 2.24) is 0 Å². The van der Waals surface area contributed by atoms with Gasteiger partial charge in [-0.1, -0.05) is 15.9 Å². The highest BCUT2D eigenvalue weighted by Crippen LogP contribution is 2.27. The molecular weight excluding hydrogens is 232 g/mol. The summed E-state index contributed by atoms with van der Waals surface area (Å²) >= 11 is 3.65. The van der Waals surface area contributed by atoms with Gasteiger partial charge in [0.25, 0.3) is 0 Å². The van der Waals surface area contributed by atoms with Crippen LogP contribution in [0.25, 0.3) is 0 Å². The first kappa shape index (κ1) is 10.7. The third-order valence-corrected chi connectivity index (χ3v) is 4.08. The van der Waals surface area contributed by atoms with Crippen LogP contribution in [0.1, 0.15) is 25.7 Å². The second kappa shape index (κ2) is 4.25. The predicted octanol–water partition coefficient (Wildman–Crippen LogP) is 3.54. The Balaban J connectivity index is 2.26. The summed E-state index contributed by atoms with van der Waals surface area (Å²) in [4.78, 5) is 0.749. The van der Waals surface area contributed by atoms with E-state index in [-0.39, 0.29) is 0 Å². The normalized spacial score (nSPS) is 32.0. The third-order valence-electron chi connectivity index (χ3n) is 2.12. The molecule has 1 fully saturated rings. The third kappa shape index (κ3) is 4.05. The maximum absolute atomic E-state index is 6.04. The van der Waals surface area contributed by atoms with E-state index < -0.39 is 8.32 Å². The first-order valence-electron chi connectivity index (χ1n) is 4.79. The molecule has 0 aromatic carbocycles. The van der Waals surface area contributed by atoms with Crippen LogP contribution in [0, 0.1) is 0 Å². The Hall–Kier alpha value is 0.657. The molecule has 0 spiro atoms. The molecule has 1 saturated carbocycles. The van der Waals surface area contributed by atoms with Crippen LogP contribution in [0.2, 0.25) is 19.6 Å². The van der Waals surface area contributed by atoms with E-state index in [0.717, 1.165) is 4.83 Å². The van der Waals surface area contributed by atoms with Crippen LogP contribution < -0.4 is 0 Å². The van der Waals surface area contributed by atoms with Crippen LogP contribution in [0.15, 0.2) is 0 Å². The summed E-state index contributed by atoms with van der Waals surface area (Å²) in [5.41, 5.74) is 0. The van der Waals surface area contributed by atoms with E-state index in [1.807, 2.05) is 0 Å². The lowest BCUT2D eigenvalue weighted by molar-refractivity contribution is 0.150. The predicted molar refractivity (Wildman–Crippen MR) is 59.4 cm³/mol. The van der Waals surface area contributed by atoms with Crippen LogP contribution in [-0.2, 0) is 4.43 Å². The fourth-order valence-electron chi connectivity index (χ4n) is 1.64. The van der Waals surface area contributed by atoms with Crippen molar-refractivity contribution in [3.63, 3.8) is 0 Å². The van der Waals surface area contributed by atoms with Crippen LogP contribution in [0.4, 0.5) is 0 Å². The van der Waals surface area contributed by atoms with Crippen LogP contribution in [0.5, 0.6) is 0 Å². The van der Waals surface area contributed by atoms with Crippen molar-refractivity contribution in [2.75, 3.05) is 0 Å². The molecule has 0 aromatic rings. The number of halogens is 1. The van der Waals surface area contributed by atoms with Crippen molar-refractivity contribution in [1.29, 1.82) is 0 Å². The lowest BCUT2D eigenvalue weighted by Crippen LogP contribution is -2.34. The van der Waals surface area contributed by atoms with Gasteiger partial charge in [-0.25, -0.2) is 0 Å². The molecule has 0 saturated heterocycles. The van der Waals surface area contributed by atoms with Crippen LogP contribution >= 0.6 is 15.9 Å². The molecule has 3 heteroatoms. The fraction of sp³-hybridized carbons (Fsp3) is 1.00. The number of hydrogen-bond acceptors (Lipinski definition) is 1. The molecule has 0 N–H and O–H groups in total. The van der Waals surface area contributed by atoms with Gasteiger partial charge in [-0.2, -0.15) is 0 Å². The first-order chi connectivity index (χ1) is 5.47. The van der Waals surface area contributed by atoms with Crippen molar-refractivity contribution >= 4 is 24.2 Å². The van der Waals surface area contributed by atoms with Crippen molar-refractivity contribution in [3.05, 3.63) is 0 Å². The molecule has 1 aliphatic rings. The average Bonchev–Trinajstić information content (AvgIpc) is 1.91. The van der Waals surface area contributed by atoms with Crippen LogP contribution in [0.3, 0.4) is 0 Å². The van der Waals surface area contributed by atoms with Gasteiger partial charge in [0, 0.05) is 10.9 Å². The molecule has 1 rings (SSSR count). The topological polar surface area (TPSA) is 9.23 Å². The van der Waals surface area contributed by atoms with Crippen LogP contribution in [-0.4, -0.2) is 19.2 Å². The van der Waals surface area contributed by atoms with Gasteiger partial charge < -0.3 is 4.43 Å². The Bertz CT molecular complexity index is 136. The summed E-state index contributed by atoms with van der Waals surface area (Å²) < 4.78 is 6.04. The quantitative estimate of drug-likeness (QED) is 0.538. The van der Waals surface area contributed by atoms with Gasteiger partial charge in [0.05, 0.1) is 0 Å². The molecular formula is C9H19BrOSi. The summed E-state index contributed by atoms with van der Waals surface area (Å²) in [7, 11) is -1.28. The molecule has 1 aliphatic carbocycles. The van der Waals surface area contributed by atoms with Gasteiger partial charge in [0.1, 0.15) is 0 Å². The summed E-state index contributed by atoms with van der Waals surface area (Å²) in [6.45, 7) is 6.81. The highest BCUT2D eigenvalue weighted by Gasteiger charge is 2.25. The summed E-state index contributed by atoms with van der Waals surface area (Å²) in [5.74, 6) is 0. The van der Waals surface area contributed by atoms with Gasteiger partial charge in [0.2, 0.25) is 0 Å². The minimum absolute atomic E-state index is 0.561. The molecule has 0 bridgehead atoms. The molecule has 0 radical (unpaired) electrons. The Kier molecular flexibility index (Phi) is 3.80. The summed E-state index contributed by atoms with van der Waals surface area (Å²) in [6.07, 6.45) is 5.63. The van der Waals surface area contributed by atoms with E-state index in [1.165, 1.54) is 25.7 Å². The van der Waals surface area contributed by atoms with Gasteiger partial charge in [-0.05, 0) is 45.3 Å². The summed E-state index contributed by atoms with van der Waals surface area (Å²) in [6, 6.07) is 0. The molecule has 1 nitrogen and oxygen atoms in total. The van der Waals surface area contributed by atoms with E-state index in [9.17, 15) is 0 Å². The zero-order valence-corrected chi connectivity index (χ0v) is 10.9. The van der Waals surface area contributed by atoms with Gasteiger partial charge in [-0.3, -0.25) is 0 Å². The molecule has 0 amide bonds. The maximum Gasteiger partial charge on any atom is 0.184 e. The molecule has 72 valence electrons. The first-order valence-corrected chi connectivity index (χ1v) is 9.11. The van der Waals surface area contributed by atoms with Crippen molar-refractivity contribution in [3.8, 4) is 0 Å². The number of alkyl halides is 1. The van der Waals surface area contributed by atoms with E-state index in [4.69, 9.17) is 4.43 Å². The zero-order valence-electron chi connectivity index (χ0n) is 8.27. The SMILES string of the molecule is C[Si](C)(C)OC1CCC(Br)CC1. The maximum atomic E-state index is 6.04. The number of rotatable bonds is 2. The monoisotopic (exact) mass is 250 g/mol. The molecule has 0 heterocycles. The largest absolute Gasteiger partial charge is 0.415 e. The van der Waals surface area contributed by atoms with E-state index >= 15 is 0 Å². The van der Waals surface area contributed by atoms with Crippen molar-refractivity contribution < 1.29 is 4.43 Å². The lowest BCUT2D eigenvalue weighted by atomic mass is 9.98. The molecule has 0 unspecified atom stereocenters. The molecule has 0 aromatic heterocycles. The Labute approximate surface area is 85.1 Å². The van der Waals surface area contributed by atoms with Gasteiger partial charge in [0.15, 0.2) is 8.32 Å². The highest BCUT2D eigenvalue weighted by atomic mass is 79.9. The highest BCUT2D eigenvalue weighted by molar-refractivity contribution is 9.09. The van der Waals surface area contributed by atoms with E-state index in [1.54, 1.807) is 0 Å². The molecule has 0 atom stereocenters. The van der Waals surface area contributed by atoms with Crippen molar-refractivity contribution in [2.24, 2.45) is 0 Å². The number of hydrogen-bond donors (Lipinski definition) is 0. The molecule has 12 heavy (non-hydrogen) atoms. The average molecular weight is 251 g/mol. The smallest absolute Gasteiger partial charge is 0.184 e. The Morgan fingerprint density at radius 3 is 2.00 bits per heavy atom. The Morgan fingerprint density at radius 2 is 1.58 bits per heavy atom. The second-order valence-corrected chi connectivity index (χ2v) is 10.4. The van der Waals surface area contributed by atoms with Crippen molar-refractivity contribution in [2.45, 2.75) is 56.3 Å². The van der Waals surface area contributed by atoms with Gasteiger partial charge in [-0.15, -0.1) is 0 Å². The fourth-order valence-corrected chi connectivity index (χ4v) is 3.40. The Morgan fingerprint density at radius 1 is 1.08 bits per heavy atom. The van der Waals surface area contributed by atoms with E-state index in [0.29, 0.717) is 6.10 Å². The van der Waals surface area contributed by atoms with Gasteiger partial charge >= 0.3 is 0 Å². The standard InChI is InChI=1S/C9H19BrOSi/c1-12(2,3)11-9-6-4-8(10)5-7-9/h8-9H,4-7H2,1-3H3. The van der Waals surface area contributed by atoms with E-state index in [2.05, 4.69) is 35.6 Å². The zero-order chi connectivity index (χ0) is 9.19. The summed E-state index contributed by atoms with van der Waals surface area (Å²) in [5, 5.41) is 0. The lowest BCUT2D eigenvalue weighted by Gasteiger charge is -2.31. The second-order valence-electron chi connectivity index (χ2n) is 4.60. The minimum Gasteiger partial charge on any atom is -0.415 e.